The van der Waals surface area contributed by atoms with Crippen LogP contribution in [0, 0.1) is 11.8 Å². The van der Waals surface area contributed by atoms with Gasteiger partial charge in [-0.2, -0.15) is 0 Å². The first-order chi connectivity index (χ1) is 10.5. The minimum atomic E-state index is -0.578. The second kappa shape index (κ2) is 7.29. The Labute approximate surface area is 131 Å². The molecule has 1 heterocycles. The summed E-state index contributed by atoms with van der Waals surface area (Å²) in [5.41, 5.74) is 0.597. The van der Waals surface area contributed by atoms with E-state index in [0.717, 1.165) is 12.2 Å². The van der Waals surface area contributed by atoms with Crippen molar-refractivity contribution >= 4 is 17.5 Å². The Hall–Kier alpha value is -2.04. The molecule has 2 atom stereocenters. The Balaban J connectivity index is 1.94. The Morgan fingerprint density at radius 1 is 1.18 bits per heavy atom. The van der Waals surface area contributed by atoms with Gasteiger partial charge >= 0.3 is 11.8 Å². The van der Waals surface area contributed by atoms with Gasteiger partial charge < -0.3 is 15.0 Å². The Kier molecular flexibility index (Phi) is 5.41. The number of nitrogens with one attached hydrogen (secondary N) is 1. The predicted molar refractivity (Wildman–Crippen MR) is 85.8 cm³/mol. The summed E-state index contributed by atoms with van der Waals surface area (Å²) in [5.74, 6) is 0.584. The molecular formula is C17H24N2O3. The molecule has 5 nitrogen and oxygen atoms in total. The largest absolute Gasteiger partial charge is 0.494 e. The quantitative estimate of drug-likeness (QED) is 0.873. The third kappa shape index (κ3) is 4.23. The second-order valence-corrected chi connectivity index (χ2v) is 6.07. The summed E-state index contributed by atoms with van der Waals surface area (Å²) in [7, 11) is 0. The van der Waals surface area contributed by atoms with Crippen LogP contribution in [0.2, 0.25) is 0 Å². The number of carbonyl (C=O) groups is 2. The molecule has 22 heavy (non-hydrogen) atoms. The minimum Gasteiger partial charge on any atom is -0.494 e. The van der Waals surface area contributed by atoms with Crippen LogP contribution >= 0.6 is 0 Å². The van der Waals surface area contributed by atoms with Crippen LogP contribution in [0.4, 0.5) is 5.69 Å². The maximum absolute atomic E-state index is 12.3. The molecule has 0 saturated carbocycles. The second-order valence-electron chi connectivity index (χ2n) is 6.07. The summed E-state index contributed by atoms with van der Waals surface area (Å²) in [6, 6.07) is 7.01. The van der Waals surface area contributed by atoms with Crippen molar-refractivity contribution in [2.24, 2.45) is 11.8 Å². The van der Waals surface area contributed by atoms with Gasteiger partial charge in [-0.1, -0.05) is 13.8 Å². The number of carbonyl (C=O) groups excluding carboxylic acids is 2. The molecule has 2 amide bonds. The standard InChI is InChI=1S/C17H24N2O3/c1-4-22-15-7-5-14(6-8-15)18-16(20)17(21)19-10-12(2)9-13(3)11-19/h5-8,12-13H,4,9-11H2,1-3H3,(H,18,20). The molecule has 1 saturated heterocycles. The molecule has 2 unspecified atom stereocenters. The fraction of sp³-hybridized carbons (Fsp3) is 0.529. The molecule has 1 aliphatic heterocycles. The van der Waals surface area contributed by atoms with Crippen LogP contribution in [-0.4, -0.2) is 36.4 Å². The minimum absolute atomic E-state index is 0.436. The Morgan fingerprint density at radius 3 is 2.32 bits per heavy atom. The van der Waals surface area contributed by atoms with Gasteiger partial charge in [-0.3, -0.25) is 9.59 Å². The first-order valence-corrected chi connectivity index (χ1v) is 7.82. The zero-order chi connectivity index (χ0) is 16.1. The average molecular weight is 304 g/mol. The van der Waals surface area contributed by atoms with Crippen LogP contribution in [0.3, 0.4) is 0 Å². The molecule has 120 valence electrons. The van der Waals surface area contributed by atoms with Gasteiger partial charge in [-0.15, -0.1) is 0 Å². The first kappa shape index (κ1) is 16.3. The van der Waals surface area contributed by atoms with Gasteiger partial charge in [0, 0.05) is 18.8 Å². The highest BCUT2D eigenvalue weighted by Gasteiger charge is 2.29. The van der Waals surface area contributed by atoms with Crippen LogP contribution in [0.1, 0.15) is 27.2 Å². The number of hydrogen-bond donors (Lipinski definition) is 1. The lowest BCUT2D eigenvalue weighted by atomic mass is 9.92. The summed E-state index contributed by atoms with van der Waals surface area (Å²) >= 11 is 0. The molecule has 2 rings (SSSR count). The van der Waals surface area contributed by atoms with Crippen molar-refractivity contribution in [2.75, 3.05) is 25.0 Å². The number of rotatable bonds is 3. The van der Waals surface area contributed by atoms with E-state index in [2.05, 4.69) is 19.2 Å². The average Bonchev–Trinajstić information content (AvgIpc) is 2.47. The molecule has 0 bridgehead atoms. The molecule has 1 N–H and O–H groups in total. The molecule has 1 aromatic carbocycles. The third-order valence-corrected chi connectivity index (χ3v) is 3.77. The van der Waals surface area contributed by atoms with Crippen molar-refractivity contribution in [2.45, 2.75) is 27.2 Å². The van der Waals surface area contributed by atoms with Gasteiger partial charge in [-0.05, 0) is 49.4 Å². The highest BCUT2D eigenvalue weighted by atomic mass is 16.5. The van der Waals surface area contributed by atoms with E-state index in [1.54, 1.807) is 29.2 Å². The molecule has 0 aromatic heterocycles. The van der Waals surface area contributed by atoms with Crippen molar-refractivity contribution in [3.8, 4) is 5.75 Å². The predicted octanol–water partition coefficient (Wildman–Crippen LogP) is 2.53. The Morgan fingerprint density at radius 2 is 1.77 bits per heavy atom. The number of ether oxygens (including phenoxy) is 1. The number of piperidine rings is 1. The van der Waals surface area contributed by atoms with E-state index in [4.69, 9.17) is 4.74 Å². The fourth-order valence-corrected chi connectivity index (χ4v) is 2.96. The number of likely N-dealkylation sites (tertiary alicyclic amines) is 1. The molecular weight excluding hydrogens is 280 g/mol. The van der Waals surface area contributed by atoms with Crippen molar-refractivity contribution in [1.29, 1.82) is 0 Å². The maximum atomic E-state index is 12.3. The molecule has 5 heteroatoms. The van der Waals surface area contributed by atoms with Crippen molar-refractivity contribution in [1.82, 2.24) is 4.90 Å². The van der Waals surface area contributed by atoms with Crippen molar-refractivity contribution in [3.63, 3.8) is 0 Å². The number of hydrogen-bond acceptors (Lipinski definition) is 3. The zero-order valence-corrected chi connectivity index (χ0v) is 13.5. The monoisotopic (exact) mass is 304 g/mol. The van der Waals surface area contributed by atoms with Gasteiger partial charge in [-0.25, -0.2) is 0 Å². The van der Waals surface area contributed by atoms with E-state index in [1.165, 1.54) is 0 Å². The molecule has 0 spiro atoms. The highest BCUT2D eigenvalue weighted by molar-refractivity contribution is 6.39. The van der Waals surface area contributed by atoms with Crippen LogP contribution < -0.4 is 10.1 Å². The topological polar surface area (TPSA) is 58.6 Å². The first-order valence-electron chi connectivity index (χ1n) is 7.82. The van der Waals surface area contributed by atoms with Gasteiger partial charge in [0.1, 0.15) is 5.75 Å². The van der Waals surface area contributed by atoms with E-state index in [1.807, 2.05) is 6.92 Å². The van der Waals surface area contributed by atoms with E-state index < -0.39 is 11.8 Å². The summed E-state index contributed by atoms with van der Waals surface area (Å²) in [4.78, 5) is 26.0. The van der Waals surface area contributed by atoms with Crippen LogP contribution in [0.5, 0.6) is 5.75 Å². The van der Waals surface area contributed by atoms with Crippen LogP contribution in [-0.2, 0) is 9.59 Å². The number of nitrogens with zero attached hydrogens (tertiary/aromatic N) is 1. The number of benzene rings is 1. The molecule has 0 radical (unpaired) electrons. The van der Waals surface area contributed by atoms with Crippen LogP contribution in [0.25, 0.3) is 0 Å². The molecule has 1 aromatic rings. The lowest BCUT2D eigenvalue weighted by Crippen LogP contribution is -2.47. The van der Waals surface area contributed by atoms with Gasteiger partial charge in [0.25, 0.3) is 0 Å². The summed E-state index contributed by atoms with van der Waals surface area (Å²) in [6.45, 7) is 8.03. The molecule has 0 aliphatic carbocycles. The normalized spacial score (nSPS) is 21.3. The zero-order valence-electron chi connectivity index (χ0n) is 13.5. The summed E-state index contributed by atoms with van der Waals surface area (Å²) < 4.78 is 5.34. The Bertz CT molecular complexity index is 517. The molecule has 1 fully saturated rings. The van der Waals surface area contributed by atoms with Crippen LogP contribution in [0.15, 0.2) is 24.3 Å². The van der Waals surface area contributed by atoms with E-state index in [9.17, 15) is 9.59 Å². The van der Waals surface area contributed by atoms with E-state index >= 15 is 0 Å². The smallest absolute Gasteiger partial charge is 0.313 e. The maximum Gasteiger partial charge on any atom is 0.313 e. The highest BCUT2D eigenvalue weighted by Crippen LogP contribution is 2.21. The SMILES string of the molecule is CCOc1ccc(NC(=O)C(=O)N2CC(C)CC(C)C2)cc1. The fourth-order valence-electron chi connectivity index (χ4n) is 2.96. The third-order valence-electron chi connectivity index (χ3n) is 3.77. The summed E-state index contributed by atoms with van der Waals surface area (Å²) in [6.07, 6.45) is 1.10. The van der Waals surface area contributed by atoms with Crippen molar-refractivity contribution in [3.05, 3.63) is 24.3 Å². The van der Waals surface area contributed by atoms with Gasteiger partial charge in [0.15, 0.2) is 0 Å². The van der Waals surface area contributed by atoms with E-state index in [-0.39, 0.29) is 0 Å². The van der Waals surface area contributed by atoms with Gasteiger partial charge in [0.05, 0.1) is 6.61 Å². The number of anilines is 1. The number of amides is 2. The van der Waals surface area contributed by atoms with Gasteiger partial charge in [0.2, 0.25) is 0 Å². The lowest BCUT2D eigenvalue weighted by Gasteiger charge is -2.34. The lowest BCUT2D eigenvalue weighted by molar-refractivity contribution is -0.144. The van der Waals surface area contributed by atoms with E-state index in [0.29, 0.717) is 37.2 Å². The summed E-state index contributed by atoms with van der Waals surface area (Å²) in [5, 5.41) is 2.65. The molecule has 1 aliphatic rings. The van der Waals surface area contributed by atoms with Crippen molar-refractivity contribution < 1.29 is 14.3 Å².